The predicted molar refractivity (Wildman–Crippen MR) is 135 cm³/mol. The number of hydrogen-bond donors (Lipinski definition) is 2. The van der Waals surface area contributed by atoms with Crippen LogP contribution in [0.3, 0.4) is 0 Å². The van der Waals surface area contributed by atoms with Gasteiger partial charge in [-0.25, -0.2) is 0 Å². The molecule has 0 aliphatic heterocycles. The number of halogens is 2. The molecule has 0 amide bonds. The fourth-order valence-electron chi connectivity index (χ4n) is 3.30. The zero-order chi connectivity index (χ0) is 22.7. The Hall–Kier alpha value is -2.87. The van der Waals surface area contributed by atoms with Crippen molar-refractivity contribution in [3.05, 3.63) is 93.4 Å². The Morgan fingerprint density at radius 3 is 2.59 bits per heavy atom. The highest BCUT2D eigenvalue weighted by Crippen LogP contribution is 2.23. The monoisotopic (exact) mass is 484 g/mol. The third-order valence-electron chi connectivity index (χ3n) is 5.02. The van der Waals surface area contributed by atoms with Gasteiger partial charge in [0.1, 0.15) is 0 Å². The molecule has 0 unspecified atom stereocenters. The van der Waals surface area contributed by atoms with E-state index in [1.54, 1.807) is 12.3 Å². The summed E-state index contributed by atoms with van der Waals surface area (Å²) >= 11 is 17.6. The summed E-state index contributed by atoms with van der Waals surface area (Å²) in [6, 6.07) is 15.8. The van der Waals surface area contributed by atoms with Gasteiger partial charge in [0.05, 0.1) is 35.0 Å². The summed E-state index contributed by atoms with van der Waals surface area (Å²) in [5.41, 5.74) is 5.28. The van der Waals surface area contributed by atoms with Gasteiger partial charge in [0.2, 0.25) is 0 Å². The molecule has 0 radical (unpaired) electrons. The maximum Gasteiger partial charge on any atom is 0.176 e. The zero-order valence-corrected chi connectivity index (χ0v) is 20.0. The molecule has 0 aliphatic carbocycles. The van der Waals surface area contributed by atoms with Gasteiger partial charge in [0, 0.05) is 18.0 Å². The molecule has 0 saturated carbocycles. The van der Waals surface area contributed by atoms with E-state index in [2.05, 4.69) is 39.9 Å². The van der Waals surface area contributed by atoms with Crippen molar-refractivity contribution in [1.29, 1.82) is 0 Å². The van der Waals surface area contributed by atoms with Crippen LogP contribution in [-0.2, 0) is 13.1 Å². The Labute approximate surface area is 202 Å². The number of hydrogen-bond acceptors (Lipinski definition) is 3. The van der Waals surface area contributed by atoms with E-state index in [0.717, 1.165) is 16.9 Å². The third kappa shape index (κ3) is 5.48. The molecule has 4 rings (SSSR count). The first-order chi connectivity index (χ1) is 15.4. The number of thiocarbonyl (C=S) groups is 1. The number of rotatable bonds is 6. The van der Waals surface area contributed by atoms with Crippen LogP contribution < -0.4 is 10.6 Å². The van der Waals surface area contributed by atoms with E-state index < -0.39 is 0 Å². The summed E-state index contributed by atoms with van der Waals surface area (Å²) in [5, 5.41) is 16.8. The molecule has 4 aromatic rings. The molecule has 2 N–H and O–H groups in total. The molecular weight excluding hydrogens is 463 g/mol. The summed E-state index contributed by atoms with van der Waals surface area (Å²) in [6.45, 7) is 5.37. The lowest BCUT2D eigenvalue weighted by Crippen LogP contribution is -2.19. The normalized spacial score (nSPS) is 10.9. The lowest BCUT2D eigenvalue weighted by Gasteiger charge is -2.07. The van der Waals surface area contributed by atoms with Crippen molar-refractivity contribution in [3.63, 3.8) is 0 Å². The van der Waals surface area contributed by atoms with Crippen molar-refractivity contribution < 1.29 is 0 Å². The molecule has 0 aliphatic rings. The number of nitrogens with zero attached hydrogens (tertiary/aromatic N) is 4. The quantitative estimate of drug-likeness (QED) is 0.333. The largest absolute Gasteiger partial charge is 0.330 e. The van der Waals surface area contributed by atoms with E-state index in [1.807, 2.05) is 52.8 Å². The average Bonchev–Trinajstić information content (AvgIpc) is 3.32. The Morgan fingerprint density at radius 1 is 1.00 bits per heavy atom. The highest BCUT2D eigenvalue weighted by Gasteiger charge is 2.09. The fourth-order valence-corrected chi connectivity index (χ4v) is 3.84. The van der Waals surface area contributed by atoms with Crippen LogP contribution in [-0.4, -0.2) is 24.7 Å². The Kier molecular flexibility index (Phi) is 6.79. The average molecular weight is 485 g/mol. The van der Waals surface area contributed by atoms with Crippen LogP contribution in [0.5, 0.6) is 0 Å². The van der Waals surface area contributed by atoms with Gasteiger partial charge in [0.15, 0.2) is 10.9 Å². The van der Waals surface area contributed by atoms with Crippen molar-refractivity contribution in [2.75, 3.05) is 10.6 Å². The van der Waals surface area contributed by atoms with Crippen LogP contribution in [0.25, 0.3) is 0 Å². The summed E-state index contributed by atoms with van der Waals surface area (Å²) < 4.78 is 3.76. The summed E-state index contributed by atoms with van der Waals surface area (Å²) in [5.74, 6) is 0.660. The first-order valence-corrected chi connectivity index (χ1v) is 11.2. The number of aromatic nitrogens is 4. The minimum Gasteiger partial charge on any atom is -0.330 e. The van der Waals surface area contributed by atoms with E-state index in [1.165, 1.54) is 11.1 Å². The molecule has 9 heteroatoms. The van der Waals surface area contributed by atoms with Gasteiger partial charge in [-0.15, -0.1) is 0 Å². The third-order valence-corrected chi connectivity index (χ3v) is 5.97. The minimum absolute atomic E-state index is 0.444. The molecule has 0 saturated heterocycles. The number of anilines is 2. The van der Waals surface area contributed by atoms with Crippen LogP contribution in [0.15, 0.2) is 60.9 Å². The number of aryl methyl sites for hydroxylation is 2. The summed E-state index contributed by atoms with van der Waals surface area (Å²) in [4.78, 5) is 0. The molecule has 2 heterocycles. The van der Waals surface area contributed by atoms with E-state index in [-0.39, 0.29) is 0 Å². The molecule has 0 spiro atoms. The molecular formula is C23H22Cl2N6S. The van der Waals surface area contributed by atoms with Crippen LogP contribution >= 0.6 is 35.4 Å². The predicted octanol–water partition coefficient (Wildman–Crippen LogP) is 5.91. The van der Waals surface area contributed by atoms with Gasteiger partial charge in [-0.1, -0.05) is 53.5 Å². The molecule has 2 aromatic carbocycles. The summed E-state index contributed by atoms with van der Waals surface area (Å²) in [7, 11) is 0. The van der Waals surface area contributed by atoms with Crippen LogP contribution in [0.1, 0.15) is 22.4 Å². The first kappa shape index (κ1) is 22.3. The molecule has 0 bridgehead atoms. The highest BCUT2D eigenvalue weighted by atomic mass is 35.5. The fraction of sp³-hybridized carbons (Fsp3) is 0.174. The van der Waals surface area contributed by atoms with Gasteiger partial charge in [-0.2, -0.15) is 10.2 Å². The second-order valence-electron chi connectivity index (χ2n) is 7.51. The minimum atomic E-state index is 0.444. The molecule has 164 valence electrons. The van der Waals surface area contributed by atoms with Crippen molar-refractivity contribution in [3.8, 4) is 0 Å². The molecule has 0 atom stereocenters. The lowest BCUT2D eigenvalue weighted by molar-refractivity contribution is 0.668. The Morgan fingerprint density at radius 2 is 1.81 bits per heavy atom. The molecule has 32 heavy (non-hydrogen) atoms. The van der Waals surface area contributed by atoms with Crippen LogP contribution in [0.4, 0.5) is 11.5 Å². The van der Waals surface area contributed by atoms with Gasteiger partial charge in [-0.05, 0) is 54.9 Å². The second-order valence-corrected chi connectivity index (χ2v) is 8.73. The van der Waals surface area contributed by atoms with Gasteiger partial charge in [-0.3, -0.25) is 9.36 Å². The molecule has 0 fully saturated rings. The van der Waals surface area contributed by atoms with Crippen molar-refractivity contribution >= 4 is 52.0 Å². The lowest BCUT2D eigenvalue weighted by atomic mass is 10.1. The maximum absolute atomic E-state index is 6.12. The SMILES string of the molecule is Cc1ccccc1Cn1cc(NC(=S)Nc2cc(C)n(Cc3ccc(Cl)c(Cl)c3)n2)cn1. The summed E-state index contributed by atoms with van der Waals surface area (Å²) in [6.07, 6.45) is 3.68. The smallest absolute Gasteiger partial charge is 0.176 e. The topological polar surface area (TPSA) is 59.7 Å². The first-order valence-electron chi connectivity index (χ1n) is 10.0. The van der Waals surface area contributed by atoms with E-state index in [0.29, 0.717) is 34.1 Å². The van der Waals surface area contributed by atoms with Crippen molar-refractivity contribution in [1.82, 2.24) is 19.6 Å². The van der Waals surface area contributed by atoms with Gasteiger partial charge < -0.3 is 10.6 Å². The van der Waals surface area contributed by atoms with Crippen molar-refractivity contribution in [2.45, 2.75) is 26.9 Å². The van der Waals surface area contributed by atoms with E-state index in [4.69, 9.17) is 35.4 Å². The van der Waals surface area contributed by atoms with Crippen LogP contribution in [0, 0.1) is 13.8 Å². The van der Waals surface area contributed by atoms with Crippen molar-refractivity contribution in [2.24, 2.45) is 0 Å². The van der Waals surface area contributed by atoms with E-state index >= 15 is 0 Å². The standard InChI is InChI=1S/C23H22Cl2N6S/c1-15-5-3-4-6-18(15)13-30-14-19(11-26-30)27-23(32)28-22-9-16(2)31(29-22)12-17-7-8-20(24)21(25)10-17/h3-11,14H,12-13H2,1-2H3,(H2,27,28,29,32). The van der Waals surface area contributed by atoms with Crippen LogP contribution in [0.2, 0.25) is 10.0 Å². The molecule has 6 nitrogen and oxygen atoms in total. The highest BCUT2D eigenvalue weighted by molar-refractivity contribution is 7.80. The Bertz CT molecular complexity index is 1260. The molecule has 2 aromatic heterocycles. The van der Waals surface area contributed by atoms with Gasteiger partial charge >= 0.3 is 0 Å². The number of benzene rings is 2. The Balaban J connectivity index is 1.36. The number of nitrogens with one attached hydrogen (secondary N) is 2. The van der Waals surface area contributed by atoms with E-state index in [9.17, 15) is 0 Å². The zero-order valence-electron chi connectivity index (χ0n) is 17.6. The maximum atomic E-state index is 6.12. The van der Waals surface area contributed by atoms with Gasteiger partial charge in [0.25, 0.3) is 0 Å². The second kappa shape index (κ2) is 9.73.